The van der Waals surface area contributed by atoms with E-state index in [1.165, 1.54) is 0 Å². The fourth-order valence-electron chi connectivity index (χ4n) is 2.30. The Labute approximate surface area is 97.9 Å². The second kappa shape index (κ2) is 3.83. The van der Waals surface area contributed by atoms with E-state index in [1.54, 1.807) is 4.90 Å². The lowest BCUT2D eigenvalue weighted by Crippen LogP contribution is -2.36. The monoisotopic (exact) mass is 250 g/mol. The number of likely N-dealkylation sites (tertiary alicyclic amines) is 1. The van der Waals surface area contributed by atoms with Crippen LogP contribution >= 0.6 is 23.2 Å². The number of carbonyl (C=O) groups is 2. The summed E-state index contributed by atoms with van der Waals surface area (Å²) in [5.41, 5.74) is -0.0740. The van der Waals surface area contributed by atoms with E-state index in [0.717, 1.165) is 6.42 Å². The molecule has 2 rings (SSSR count). The summed E-state index contributed by atoms with van der Waals surface area (Å²) < 4.78 is 0. The van der Waals surface area contributed by atoms with Crippen molar-refractivity contribution in [3.8, 4) is 0 Å². The number of amides is 2. The van der Waals surface area contributed by atoms with Crippen molar-refractivity contribution in [3.05, 3.63) is 0 Å². The van der Waals surface area contributed by atoms with Crippen molar-refractivity contribution < 1.29 is 9.59 Å². The van der Waals surface area contributed by atoms with Gasteiger partial charge < -0.3 is 10.2 Å². The highest BCUT2D eigenvalue weighted by atomic mass is 35.5. The van der Waals surface area contributed by atoms with E-state index in [9.17, 15) is 9.59 Å². The highest BCUT2D eigenvalue weighted by Gasteiger charge is 2.45. The Balaban J connectivity index is 2.00. The smallest absolute Gasteiger partial charge is 0.255 e. The average Bonchev–Trinajstić information content (AvgIpc) is 2.74. The molecule has 2 aliphatic heterocycles. The van der Waals surface area contributed by atoms with E-state index in [1.807, 2.05) is 0 Å². The standard InChI is InChI=1S/C9H12Cl2N2O2/c10-7(11)8(15)13-2-1-9(5-13)3-6(14)12-4-9/h7H,1-5H2,(H,12,14). The minimum absolute atomic E-state index is 0.0672. The fraction of sp³-hybridized carbons (Fsp3) is 0.778. The van der Waals surface area contributed by atoms with Crippen molar-refractivity contribution >= 4 is 35.0 Å². The van der Waals surface area contributed by atoms with Crippen LogP contribution in [0.4, 0.5) is 0 Å². The average molecular weight is 251 g/mol. The molecule has 0 radical (unpaired) electrons. The Morgan fingerprint density at radius 3 is 2.80 bits per heavy atom. The third kappa shape index (κ3) is 2.06. The van der Waals surface area contributed by atoms with Gasteiger partial charge in [-0.3, -0.25) is 9.59 Å². The van der Waals surface area contributed by atoms with Crippen molar-refractivity contribution in [1.29, 1.82) is 0 Å². The number of alkyl halides is 2. The Morgan fingerprint density at radius 2 is 2.27 bits per heavy atom. The van der Waals surface area contributed by atoms with Crippen LogP contribution in [0, 0.1) is 5.41 Å². The zero-order chi connectivity index (χ0) is 11.1. The molecule has 2 amide bonds. The number of halogens is 2. The van der Waals surface area contributed by atoms with Gasteiger partial charge in [-0.1, -0.05) is 23.2 Å². The lowest BCUT2D eigenvalue weighted by Gasteiger charge is -2.21. The summed E-state index contributed by atoms with van der Waals surface area (Å²) in [6.07, 6.45) is 1.35. The van der Waals surface area contributed by atoms with Crippen molar-refractivity contribution in [2.75, 3.05) is 19.6 Å². The van der Waals surface area contributed by atoms with Crippen molar-refractivity contribution in [1.82, 2.24) is 10.2 Å². The van der Waals surface area contributed by atoms with E-state index < -0.39 is 4.84 Å². The third-order valence-corrected chi connectivity index (χ3v) is 3.51. The number of nitrogens with one attached hydrogen (secondary N) is 1. The highest BCUT2D eigenvalue weighted by Crippen LogP contribution is 2.37. The van der Waals surface area contributed by atoms with Gasteiger partial charge in [0.15, 0.2) is 4.84 Å². The summed E-state index contributed by atoms with van der Waals surface area (Å²) in [6, 6.07) is 0. The van der Waals surface area contributed by atoms with Crippen LogP contribution in [-0.4, -0.2) is 41.2 Å². The maximum atomic E-state index is 11.5. The van der Waals surface area contributed by atoms with Crippen LogP contribution in [0.2, 0.25) is 0 Å². The molecule has 0 saturated carbocycles. The minimum Gasteiger partial charge on any atom is -0.355 e. The molecule has 1 spiro atoms. The summed E-state index contributed by atoms with van der Waals surface area (Å²) >= 11 is 11.0. The van der Waals surface area contributed by atoms with Crippen molar-refractivity contribution in [2.24, 2.45) is 5.41 Å². The number of hydrogen-bond donors (Lipinski definition) is 1. The van der Waals surface area contributed by atoms with Crippen LogP contribution in [0.3, 0.4) is 0 Å². The predicted octanol–water partition coefficient (Wildman–Crippen LogP) is 0.529. The number of hydrogen-bond acceptors (Lipinski definition) is 2. The van der Waals surface area contributed by atoms with Gasteiger partial charge in [0, 0.05) is 31.5 Å². The maximum absolute atomic E-state index is 11.5. The van der Waals surface area contributed by atoms with Crippen LogP contribution in [0.25, 0.3) is 0 Å². The molecule has 0 aromatic heterocycles. The molecule has 1 atom stereocenters. The largest absolute Gasteiger partial charge is 0.355 e. The Kier molecular flexibility index (Phi) is 2.81. The van der Waals surface area contributed by atoms with Crippen LogP contribution in [0.15, 0.2) is 0 Å². The maximum Gasteiger partial charge on any atom is 0.255 e. The second-order valence-electron chi connectivity index (χ2n) is 4.26. The fourth-order valence-corrected chi connectivity index (χ4v) is 2.58. The number of rotatable bonds is 1. The molecular formula is C9H12Cl2N2O2. The molecule has 2 fully saturated rings. The first kappa shape index (κ1) is 11.0. The first-order valence-corrected chi connectivity index (χ1v) is 5.73. The molecule has 1 N–H and O–H groups in total. The van der Waals surface area contributed by atoms with Gasteiger partial charge in [0.25, 0.3) is 5.91 Å². The molecule has 6 heteroatoms. The lowest BCUT2D eigenvalue weighted by atomic mass is 9.86. The molecule has 0 aliphatic carbocycles. The van der Waals surface area contributed by atoms with Gasteiger partial charge >= 0.3 is 0 Å². The number of nitrogens with zero attached hydrogens (tertiary/aromatic N) is 1. The highest BCUT2D eigenvalue weighted by molar-refractivity contribution is 6.53. The first-order chi connectivity index (χ1) is 7.02. The summed E-state index contributed by atoms with van der Waals surface area (Å²) in [4.78, 5) is 23.3. The quantitative estimate of drug-likeness (QED) is 0.691. The van der Waals surface area contributed by atoms with E-state index in [-0.39, 0.29) is 17.2 Å². The summed E-state index contributed by atoms with van der Waals surface area (Å²) in [5, 5.41) is 2.80. The zero-order valence-corrected chi connectivity index (χ0v) is 9.64. The van der Waals surface area contributed by atoms with Crippen LogP contribution < -0.4 is 5.32 Å². The molecule has 2 aliphatic rings. The Bertz CT molecular complexity index is 308. The van der Waals surface area contributed by atoms with Crippen molar-refractivity contribution in [3.63, 3.8) is 0 Å². The molecule has 2 saturated heterocycles. The van der Waals surface area contributed by atoms with Gasteiger partial charge in [0.1, 0.15) is 0 Å². The summed E-state index contributed by atoms with van der Waals surface area (Å²) in [5.74, 6) is -0.188. The molecule has 2 heterocycles. The van der Waals surface area contributed by atoms with Crippen LogP contribution in [0.5, 0.6) is 0 Å². The molecule has 0 aromatic carbocycles. The summed E-state index contributed by atoms with van der Waals surface area (Å²) in [6.45, 7) is 1.88. The molecule has 0 aromatic rings. The Hall–Kier alpha value is -0.480. The van der Waals surface area contributed by atoms with E-state index in [2.05, 4.69) is 5.32 Å². The first-order valence-electron chi connectivity index (χ1n) is 4.86. The van der Waals surface area contributed by atoms with Gasteiger partial charge in [0.05, 0.1) is 0 Å². The minimum atomic E-state index is -0.995. The van der Waals surface area contributed by atoms with Gasteiger partial charge in [-0.25, -0.2) is 0 Å². The third-order valence-electron chi connectivity index (χ3n) is 3.13. The molecule has 4 nitrogen and oxygen atoms in total. The molecule has 0 bridgehead atoms. The SMILES string of the molecule is O=C1CC2(CCN(C(=O)C(Cl)Cl)C2)CN1. The van der Waals surface area contributed by atoms with Gasteiger partial charge in [-0.05, 0) is 6.42 Å². The molecule has 15 heavy (non-hydrogen) atoms. The van der Waals surface area contributed by atoms with E-state index >= 15 is 0 Å². The Morgan fingerprint density at radius 1 is 1.53 bits per heavy atom. The second-order valence-corrected chi connectivity index (χ2v) is 5.36. The molecule has 1 unspecified atom stereocenters. The lowest BCUT2D eigenvalue weighted by molar-refractivity contribution is -0.129. The van der Waals surface area contributed by atoms with E-state index in [4.69, 9.17) is 23.2 Å². The predicted molar refractivity (Wildman–Crippen MR) is 56.8 cm³/mol. The normalized spacial score (nSPS) is 30.3. The molecular weight excluding hydrogens is 239 g/mol. The number of carbonyl (C=O) groups excluding carboxylic acids is 2. The van der Waals surface area contributed by atoms with Gasteiger partial charge in [-0.2, -0.15) is 0 Å². The van der Waals surface area contributed by atoms with Crippen molar-refractivity contribution in [2.45, 2.75) is 17.7 Å². The van der Waals surface area contributed by atoms with Gasteiger partial charge in [0.2, 0.25) is 5.91 Å². The van der Waals surface area contributed by atoms with Crippen LogP contribution in [-0.2, 0) is 9.59 Å². The van der Waals surface area contributed by atoms with Crippen LogP contribution in [0.1, 0.15) is 12.8 Å². The molecule has 84 valence electrons. The van der Waals surface area contributed by atoms with E-state index in [0.29, 0.717) is 26.1 Å². The topological polar surface area (TPSA) is 49.4 Å². The zero-order valence-electron chi connectivity index (χ0n) is 8.13. The van der Waals surface area contributed by atoms with Gasteiger partial charge in [-0.15, -0.1) is 0 Å². The summed E-state index contributed by atoms with van der Waals surface area (Å²) in [7, 11) is 0.